The van der Waals surface area contributed by atoms with Gasteiger partial charge in [0, 0.05) is 24.0 Å². The Morgan fingerprint density at radius 3 is 1.00 bits per heavy atom. The van der Waals surface area contributed by atoms with Crippen molar-refractivity contribution in [3.63, 3.8) is 0 Å². The minimum absolute atomic E-state index is 0.136. The van der Waals surface area contributed by atoms with Gasteiger partial charge in [-0.15, -0.1) is 0 Å². The lowest BCUT2D eigenvalue weighted by molar-refractivity contribution is 0.0966. The number of carbonyl (C=O) groups is 2. The second kappa shape index (κ2) is 12.0. The zero-order valence-electron chi connectivity index (χ0n) is 20.2. The number of rotatable bonds is 11. The van der Waals surface area contributed by atoms with Crippen LogP contribution in [0.15, 0.2) is 97.1 Å². The fraction of sp³-hybridized carbons (Fsp3) is 0.188. The Labute approximate surface area is 211 Å². The Bertz CT molecular complexity index is 1180. The van der Waals surface area contributed by atoms with Gasteiger partial charge in [-0.25, -0.2) is 0 Å². The molecule has 4 aromatic rings. The van der Waals surface area contributed by atoms with Crippen LogP contribution in [0.5, 0.6) is 11.5 Å². The van der Waals surface area contributed by atoms with E-state index in [4.69, 9.17) is 0 Å². The molecule has 4 rings (SSSR count). The molecule has 0 aromatic heterocycles. The van der Waals surface area contributed by atoms with Crippen LogP contribution in [0.25, 0.3) is 22.3 Å². The first-order chi connectivity index (χ1) is 17.5. The molecule has 36 heavy (non-hydrogen) atoms. The lowest BCUT2D eigenvalue weighted by atomic mass is 9.98. The molecule has 4 heteroatoms. The van der Waals surface area contributed by atoms with Crippen molar-refractivity contribution in [2.24, 2.45) is 0 Å². The van der Waals surface area contributed by atoms with Crippen LogP contribution in [-0.2, 0) is 0 Å². The third kappa shape index (κ3) is 6.70. The van der Waals surface area contributed by atoms with Gasteiger partial charge in [-0.05, 0) is 59.4 Å². The lowest BCUT2D eigenvalue weighted by Gasteiger charge is -2.06. The van der Waals surface area contributed by atoms with Crippen molar-refractivity contribution in [2.45, 2.75) is 38.5 Å². The van der Waals surface area contributed by atoms with Crippen LogP contribution in [-0.4, -0.2) is 21.8 Å². The molecule has 182 valence electrons. The molecule has 0 aliphatic heterocycles. The number of hydrogen-bond donors (Lipinski definition) is 2. The van der Waals surface area contributed by atoms with E-state index in [1.165, 1.54) is 0 Å². The van der Waals surface area contributed by atoms with E-state index in [0.717, 1.165) is 47.9 Å². The topological polar surface area (TPSA) is 74.6 Å². The van der Waals surface area contributed by atoms with Gasteiger partial charge in [0.15, 0.2) is 11.6 Å². The summed E-state index contributed by atoms with van der Waals surface area (Å²) < 4.78 is 0. The van der Waals surface area contributed by atoms with Gasteiger partial charge in [-0.3, -0.25) is 9.59 Å². The molecule has 0 amide bonds. The van der Waals surface area contributed by atoms with E-state index < -0.39 is 0 Å². The van der Waals surface area contributed by atoms with Crippen molar-refractivity contribution in [1.82, 2.24) is 0 Å². The van der Waals surface area contributed by atoms with E-state index in [0.29, 0.717) is 24.0 Å². The van der Waals surface area contributed by atoms with Crippen LogP contribution in [0.3, 0.4) is 0 Å². The summed E-state index contributed by atoms with van der Waals surface area (Å²) in [5.74, 6) is 0.736. The fourth-order valence-electron chi connectivity index (χ4n) is 4.22. The molecule has 4 aromatic carbocycles. The van der Waals surface area contributed by atoms with Gasteiger partial charge in [0.2, 0.25) is 0 Å². The highest BCUT2D eigenvalue weighted by atomic mass is 16.3. The van der Waals surface area contributed by atoms with E-state index in [2.05, 4.69) is 0 Å². The first kappa shape index (κ1) is 24.9. The summed E-state index contributed by atoms with van der Waals surface area (Å²) in [5, 5.41) is 18.8. The second-order valence-corrected chi connectivity index (χ2v) is 9.01. The van der Waals surface area contributed by atoms with E-state index in [-0.39, 0.29) is 23.1 Å². The third-order valence-corrected chi connectivity index (χ3v) is 6.37. The number of Topliss-reactive ketones (excluding diaryl/α,β-unsaturated/α-hetero) is 2. The summed E-state index contributed by atoms with van der Waals surface area (Å²) in [7, 11) is 0. The van der Waals surface area contributed by atoms with Crippen LogP contribution >= 0.6 is 0 Å². The lowest BCUT2D eigenvalue weighted by Crippen LogP contribution is -2.00. The average Bonchev–Trinajstić information content (AvgIpc) is 2.91. The predicted octanol–water partition coefficient (Wildman–Crippen LogP) is 7.84. The minimum Gasteiger partial charge on any atom is -0.508 e. The predicted molar refractivity (Wildman–Crippen MR) is 143 cm³/mol. The Hall–Kier alpha value is -4.18. The largest absolute Gasteiger partial charge is 0.508 e. The molecular weight excluding hydrogens is 448 g/mol. The summed E-state index contributed by atoms with van der Waals surface area (Å²) in [6.07, 6.45) is 4.48. The number of hydrogen-bond acceptors (Lipinski definition) is 4. The molecule has 4 nitrogen and oxygen atoms in total. The van der Waals surface area contributed by atoms with Gasteiger partial charge >= 0.3 is 0 Å². The maximum absolute atomic E-state index is 12.5. The van der Waals surface area contributed by atoms with Gasteiger partial charge in [0.05, 0.1) is 0 Å². The molecule has 0 bridgehead atoms. The highest BCUT2D eigenvalue weighted by Gasteiger charge is 2.09. The Kier molecular flexibility index (Phi) is 8.30. The highest BCUT2D eigenvalue weighted by molar-refractivity contribution is 5.97. The van der Waals surface area contributed by atoms with Gasteiger partial charge in [0.1, 0.15) is 11.5 Å². The smallest absolute Gasteiger partial charge is 0.162 e. The van der Waals surface area contributed by atoms with Crippen LogP contribution in [0.2, 0.25) is 0 Å². The average molecular weight is 479 g/mol. The molecule has 0 spiro atoms. The summed E-state index contributed by atoms with van der Waals surface area (Å²) in [6.45, 7) is 0. The Morgan fingerprint density at radius 1 is 0.417 bits per heavy atom. The number of benzene rings is 4. The molecule has 0 aliphatic carbocycles. The van der Waals surface area contributed by atoms with E-state index in [1.807, 2.05) is 72.8 Å². The molecule has 0 atom stereocenters. The van der Waals surface area contributed by atoms with Crippen LogP contribution < -0.4 is 0 Å². The molecule has 0 saturated carbocycles. The number of phenols is 2. The van der Waals surface area contributed by atoms with Gasteiger partial charge < -0.3 is 10.2 Å². The molecular formula is C32H30O4. The standard InChI is InChI=1S/C32H30O4/c33-29-19-15-25(16-20-29)23-7-11-27(12-8-23)31(35)5-3-1-2-4-6-32(36)28-13-9-24(10-14-28)26-17-21-30(34)22-18-26/h7-22,33-34H,1-6H2. The maximum Gasteiger partial charge on any atom is 0.162 e. The van der Waals surface area contributed by atoms with Crippen molar-refractivity contribution in [3.8, 4) is 33.8 Å². The maximum atomic E-state index is 12.5. The van der Waals surface area contributed by atoms with Crippen LogP contribution in [0.1, 0.15) is 59.2 Å². The molecule has 0 unspecified atom stereocenters. The van der Waals surface area contributed by atoms with Crippen molar-refractivity contribution in [3.05, 3.63) is 108 Å². The summed E-state index contributed by atoms with van der Waals surface area (Å²) in [5.41, 5.74) is 5.42. The monoisotopic (exact) mass is 478 g/mol. The fourth-order valence-corrected chi connectivity index (χ4v) is 4.22. The van der Waals surface area contributed by atoms with Crippen LogP contribution in [0, 0.1) is 0 Å². The van der Waals surface area contributed by atoms with E-state index in [9.17, 15) is 19.8 Å². The highest BCUT2D eigenvalue weighted by Crippen LogP contribution is 2.24. The quantitative estimate of drug-likeness (QED) is 0.170. The molecule has 0 saturated heterocycles. The Balaban J connectivity index is 1.16. The second-order valence-electron chi connectivity index (χ2n) is 9.01. The molecule has 0 fully saturated rings. The molecule has 0 aliphatic rings. The number of aromatic hydroxyl groups is 2. The zero-order chi connectivity index (χ0) is 25.3. The minimum atomic E-state index is 0.136. The third-order valence-electron chi connectivity index (χ3n) is 6.37. The normalized spacial score (nSPS) is 10.8. The SMILES string of the molecule is O=C(CCCCCCC(=O)c1ccc(-c2ccc(O)cc2)cc1)c1ccc(-c2ccc(O)cc2)cc1. The van der Waals surface area contributed by atoms with E-state index >= 15 is 0 Å². The first-order valence-corrected chi connectivity index (χ1v) is 12.3. The molecule has 0 radical (unpaired) electrons. The summed E-state index contributed by atoms with van der Waals surface area (Å²) >= 11 is 0. The Morgan fingerprint density at radius 2 is 0.694 bits per heavy atom. The van der Waals surface area contributed by atoms with Crippen molar-refractivity contribution >= 4 is 11.6 Å². The number of ketones is 2. The first-order valence-electron chi connectivity index (χ1n) is 12.3. The van der Waals surface area contributed by atoms with Gasteiger partial charge in [0.25, 0.3) is 0 Å². The zero-order valence-corrected chi connectivity index (χ0v) is 20.2. The van der Waals surface area contributed by atoms with Crippen molar-refractivity contribution in [1.29, 1.82) is 0 Å². The van der Waals surface area contributed by atoms with Gasteiger partial charge in [-0.1, -0.05) is 85.6 Å². The summed E-state index contributed by atoms with van der Waals surface area (Å²) in [4.78, 5) is 25.0. The number of unbranched alkanes of at least 4 members (excludes halogenated alkanes) is 3. The van der Waals surface area contributed by atoms with Crippen molar-refractivity contribution < 1.29 is 19.8 Å². The molecule has 0 heterocycles. The van der Waals surface area contributed by atoms with Crippen molar-refractivity contribution in [2.75, 3.05) is 0 Å². The number of carbonyl (C=O) groups excluding carboxylic acids is 2. The molecule has 2 N–H and O–H groups in total. The van der Waals surface area contributed by atoms with Crippen LogP contribution in [0.4, 0.5) is 0 Å². The van der Waals surface area contributed by atoms with Gasteiger partial charge in [-0.2, -0.15) is 0 Å². The van der Waals surface area contributed by atoms with E-state index in [1.54, 1.807) is 24.3 Å². The summed E-state index contributed by atoms with van der Waals surface area (Å²) in [6, 6.07) is 29.2. The number of phenolic OH excluding ortho intramolecular Hbond substituents is 2.